The van der Waals surface area contributed by atoms with E-state index in [1.807, 2.05) is 56.3 Å². The highest BCUT2D eigenvalue weighted by Gasteiger charge is 2.40. The molecule has 0 bridgehead atoms. The van der Waals surface area contributed by atoms with Crippen LogP contribution in [0.5, 0.6) is 0 Å². The van der Waals surface area contributed by atoms with Crippen LogP contribution in [0.2, 0.25) is 0 Å². The van der Waals surface area contributed by atoms with Crippen LogP contribution in [0.15, 0.2) is 60.9 Å². The van der Waals surface area contributed by atoms with E-state index in [1.54, 1.807) is 13.2 Å². The zero-order valence-electron chi connectivity index (χ0n) is 18.8. The van der Waals surface area contributed by atoms with Crippen molar-refractivity contribution in [2.45, 2.75) is 43.2 Å². The van der Waals surface area contributed by atoms with Gasteiger partial charge in [0.25, 0.3) is 0 Å². The lowest BCUT2D eigenvalue weighted by molar-refractivity contribution is -0.110. The summed E-state index contributed by atoms with van der Waals surface area (Å²) in [6, 6.07) is 17.7. The Hall–Kier alpha value is -3.10. The molecule has 2 aromatic rings. The highest BCUT2D eigenvalue weighted by molar-refractivity contribution is 5.66. The van der Waals surface area contributed by atoms with E-state index >= 15 is 0 Å². The third kappa shape index (κ3) is 4.22. The van der Waals surface area contributed by atoms with Crippen LogP contribution in [0.25, 0.3) is 0 Å². The van der Waals surface area contributed by atoms with Gasteiger partial charge in [-0.2, -0.15) is 5.26 Å². The fraction of sp³-hybridized carbons (Fsp3) is 0.385. The Kier molecular flexibility index (Phi) is 6.52. The molecule has 1 fully saturated rings. The average Bonchev–Trinajstić information content (AvgIpc) is 2.74. The minimum absolute atomic E-state index is 0.197. The van der Waals surface area contributed by atoms with Crippen LogP contribution in [0.3, 0.4) is 0 Å². The standard InChI is InChI=1S/C26H31N3O2/c1-19(29(3)4)28-25(2,23-9-6-8-20(16-23)17-27)24(18-30)21-10-12-22(13-11-21)26(31-5)14-7-15-26/h6,8-13,16,18,24,28H,1,7,14-15H2,2-5H3. The molecule has 0 amide bonds. The van der Waals surface area contributed by atoms with E-state index < -0.39 is 11.5 Å². The van der Waals surface area contributed by atoms with Gasteiger partial charge in [0.15, 0.2) is 0 Å². The number of rotatable bonds is 9. The van der Waals surface area contributed by atoms with Gasteiger partial charge in [-0.15, -0.1) is 0 Å². The van der Waals surface area contributed by atoms with Crippen LogP contribution in [0, 0.1) is 11.3 Å². The van der Waals surface area contributed by atoms with Crippen molar-refractivity contribution in [2.75, 3.05) is 21.2 Å². The smallest absolute Gasteiger partial charge is 0.130 e. The van der Waals surface area contributed by atoms with Crippen molar-refractivity contribution in [3.05, 3.63) is 83.2 Å². The largest absolute Gasteiger partial charge is 0.374 e. The zero-order chi connectivity index (χ0) is 22.6. The van der Waals surface area contributed by atoms with Crippen LogP contribution < -0.4 is 5.32 Å². The Morgan fingerprint density at radius 1 is 1.29 bits per heavy atom. The van der Waals surface area contributed by atoms with Crippen LogP contribution in [0.1, 0.15) is 54.4 Å². The predicted octanol–water partition coefficient (Wildman–Crippen LogP) is 4.40. The number of nitriles is 1. The lowest BCUT2D eigenvalue weighted by Crippen LogP contribution is -2.47. The molecular weight excluding hydrogens is 386 g/mol. The van der Waals surface area contributed by atoms with Gasteiger partial charge in [0.2, 0.25) is 0 Å². The maximum absolute atomic E-state index is 12.5. The molecule has 3 rings (SSSR count). The Labute approximate surface area is 185 Å². The minimum Gasteiger partial charge on any atom is -0.374 e. The number of methoxy groups -OCH3 is 1. The van der Waals surface area contributed by atoms with E-state index in [2.05, 4.69) is 30.1 Å². The van der Waals surface area contributed by atoms with E-state index in [0.29, 0.717) is 11.4 Å². The summed E-state index contributed by atoms with van der Waals surface area (Å²) in [6.07, 6.45) is 4.17. The van der Waals surface area contributed by atoms with Crippen molar-refractivity contribution < 1.29 is 9.53 Å². The Morgan fingerprint density at radius 3 is 2.45 bits per heavy atom. The van der Waals surface area contributed by atoms with Gasteiger partial charge in [-0.05, 0) is 55.0 Å². The number of hydrogen-bond donors (Lipinski definition) is 1. The molecule has 5 nitrogen and oxygen atoms in total. The Balaban J connectivity index is 2.04. The maximum atomic E-state index is 12.5. The number of carbonyl (C=O) groups is 1. The zero-order valence-corrected chi connectivity index (χ0v) is 18.8. The molecule has 0 saturated heterocycles. The van der Waals surface area contributed by atoms with Gasteiger partial charge < -0.3 is 19.7 Å². The average molecular weight is 418 g/mol. The molecule has 1 aliphatic carbocycles. The van der Waals surface area contributed by atoms with E-state index in [9.17, 15) is 10.1 Å². The van der Waals surface area contributed by atoms with Gasteiger partial charge in [-0.3, -0.25) is 0 Å². The number of benzene rings is 2. The summed E-state index contributed by atoms with van der Waals surface area (Å²) < 4.78 is 5.80. The van der Waals surface area contributed by atoms with Crippen LogP contribution in [0.4, 0.5) is 0 Å². The van der Waals surface area contributed by atoms with Crippen molar-refractivity contribution in [3.8, 4) is 6.07 Å². The lowest BCUT2D eigenvalue weighted by Gasteiger charge is -2.42. The predicted molar refractivity (Wildman–Crippen MR) is 122 cm³/mol. The second-order valence-electron chi connectivity index (χ2n) is 8.65. The normalized spacial score (nSPS) is 17.4. The summed E-state index contributed by atoms with van der Waals surface area (Å²) in [7, 11) is 5.56. The SMILES string of the molecule is C=C(NC(C)(c1cccc(C#N)c1)C(C=O)c1ccc(C2(OC)CCC2)cc1)N(C)C. The summed E-state index contributed by atoms with van der Waals surface area (Å²) in [5.74, 6) is 0.188. The van der Waals surface area contributed by atoms with E-state index in [-0.39, 0.29) is 5.60 Å². The van der Waals surface area contributed by atoms with Gasteiger partial charge in [0.1, 0.15) is 6.29 Å². The van der Waals surface area contributed by atoms with Gasteiger partial charge in [-0.1, -0.05) is 43.0 Å². The maximum Gasteiger partial charge on any atom is 0.130 e. The Bertz CT molecular complexity index is 981. The fourth-order valence-electron chi connectivity index (χ4n) is 4.30. The van der Waals surface area contributed by atoms with Crippen molar-refractivity contribution in [2.24, 2.45) is 0 Å². The molecule has 2 aromatic carbocycles. The van der Waals surface area contributed by atoms with E-state index in [1.165, 1.54) is 0 Å². The van der Waals surface area contributed by atoms with Gasteiger partial charge in [-0.25, -0.2) is 0 Å². The first kappa shape index (κ1) is 22.6. The first-order valence-corrected chi connectivity index (χ1v) is 10.6. The highest BCUT2D eigenvalue weighted by Crippen LogP contribution is 2.45. The number of ether oxygens (including phenoxy) is 1. The molecule has 0 heterocycles. The third-order valence-electron chi connectivity index (χ3n) is 6.64. The summed E-state index contributed by atoms with van der Waals surface area (Å²) >= 11 is 0. The van der Waals surface area contributed by atoms with Crippen LogP contribution in [-0.4, -0.2) is 32.4 Å². The molecule has 0 aromatic heterocycles. The molecule has 162 valence electrons. The Morgan fingerprint density at radius 2 is 1.97 bits per heavy atom. The third-order valence-corrected chi connectivity index (χ3v) is 6.64. The first-order valence-electron chi connectivity index (χ1n) is 10.6. The number of nitrogens with zero attached hydrogens (tertiary/aromatic N) is 2. The summed E-state index contributed by atoms with van der Waals surface area (Å²) in [5, 5.41) is 12.8. The summed E-state index contributed by atoms with van der Waals surface area (Å²) in [5.41, 5.74) is 2.45. The number of nitrogens with one attached hydrogen (secondary N) is 1. The second kappa shape index (κ2) is 8.95. The number of hydrogen-bond acceptors (Lipinski definition) is 5. The minimum atomic E-state index is -0.799. The summed E-state index contributed by atoms with van der Waals surface area (Å²) in [4.78, 5) is 14.3. The number of aldehydes is 1. The topological polar surface area (TPSA) is 65.4 Å². The van der Waals surface area contributed by atoms with Gasteiger partial charge in [0.05, 0.1) is 34.5 Å². The second-order valence-corrected chi connectivity index (χ2v) is 8.65. The monoisotopic (exact) mass is 417 g/mol. The molecule has 2 atom stereocenters. The fourth-order valence-corrected chi connectivity index (χ4v) is 4.30. The molecule has 0 spiro atoms. The van der Waals surface area contributed by atoms with Gasteiger partial charge in [0, 0.05) is 21.2 Å². The molecule has 1 aliphatic rings. The van der Waals surface area contributed by atoms with Gasteiger partial charge >= 0.3 is 0 Å². The van der Waals surface area contributed by atoms with E-state index in [0.717, 1.165) is 42.2 Å². The van der Waals surface area contributed by atoms with Crippen molar-refractivity contribution in [1.82, 2.24) is 10.2 Å². The summed E-state index contributed by atoms with van der Waals surface area (Å²) in [6.45, 7) is 6.09. The quantitative estimate of drug-likeness (QED) is 0.613. The molecular formula is C26H31N3O2. The molecule has 31 heavy (non-hydrogen) atoms. The molecule has 1 saturated carbocycles. The van der Waals surface area contributed by atoms with E-state index in [4.69, 9.17) is 4.74 Å². The lowest BCUT2D eigenvalue weighted by atomic mass is 9.73. The van der Waals surface area contributed by atoms with Crippen molar-refractivity contribution in [3.63, 3.8) is 0 Å². The highest BCUT2D eigenvalue weighted by atomic mass is 16.5. The molecule has 0 radical (unpaired) electrons. The molecule has 2 unspecified atom stereocenters. The van der Waals surface area contributed by atoms with Crippen molar-refractivity contribution in [1.29, 1.82) is 5.26 Å². The van der Waals surface area contributed by atoms with Crippen molar-refractivity contribution >= 4 is 6.29 Å². The number of carbonyl (C=O) groups excluding carboxylic acids is 1. The molecule has 1 N–H and O–H groups in total. The van der Waals surface area contributed by atoms with Crippen LogP contribution in [-0.2, 0) is 20.7 Å². The molecule has 5 heteroatoms. The van der Waals surface area contributed by atoms with Crippen LogP contribution >= 0.6 is 0 Å². The first-order chi connectivity index (χ1) is 14.8. The molecule has 0 aliphatic heterocycles.